The standard InChI is InChI=1S/C6H10O2S/c1-3-5(2)4-8-6(7)9/h4H,3H2,1-2H3,(H,7,9). The lowest BCUT2D eigenvalue weighted by atomic mass is 10.3. The molecule has 0 aliphatic heterocycles. The van der Waals surface area contributed by atoms with Crippen LogP contribution in [0.25, 0.3) is 0 Å². The van der Waals surface area contributed by atoms with Gasteiger partial charge in [-0.25, -0.2) is 4.79 Å². The SMILES string of the molecule is CCC(C)=COC(=O)S. The van der Waals surface area contributed by atoms with Gasteiger partial charge < -0.3 is 4.74 Å². The van der Waals surface area contributed by atoms with E-state index in [1.54, 1.807) is 0 Å². The molecule has 0 fully saturated rings. The van der Waals surface area contributed by atoms with Gasteiger partial charge in [0.25, 0.3) is 0 Å². The summed E-state index contributed by atoms with van der Waals surface area (Å²) < 4.78 is 4.46. The molecule has 0 aliphatic rings. The predicted octanol–water partition coefficient (Wildman–Crippen LogP) is 2.37. The molecule has 0 spiro atoms. The minimum absolute atomic E-state index is 0.567. The molecule has 3 heteroatoms. The number of carbonyl (C=O) groups is 1. The summed E-state index contributed by atoms with van der Waals surface area (Å²) in [6.45, 7) is 3.87. The normalized spacial score (nSPS) is 11.2. The summed E-state index contributed by atoms with van der Waals surface area (Å²) in [6.07, 6.45) is 2.30. The molecule has 0 rings (SSSR count). The molecule has 0 atom stereocenters. The van der Waals surface area contributed by atoms with E-state index in [0.29, 0.717) is 0 Å². The van der Waals surface area contributed by atoms with Crippen molar-refractivity contribution in [2.45, 2.75) is 20.3 Å². The van der Waals surface area contributed by atoms with Crippen LogP contribution in [0.2, 0.25) is 0 Å². The van der Waals surface area contributed by atoms with Crippen molar-refractivity contribution in [1.82, 2.24) is 0 Å². The van der Waals surface area contributed by atoms with E-state index in [9.17, 15) is 4.79 Å². The van der Waals surface area contributed by atoms with Crippen LogP contribution in [0.5, 0.6) is 0 Å². The highest BCUT2D eigenvalue weighted by Crippen LogP contribution is 1.98. The van der Waals surface area contributed by atoms with Gasteiger partial charge in [0.1, 0.15) is 0 Å². The molecule has 0 heterocycles. The van der Waals surface area contributed by atoms with Crippen molar-refractivity contribution in [2.75, 3.05) is 0 Å². The Morgan fingerprint density at radius 1 is 1.78 bits per heavy atom. The van der Waals surface area contributed by atoms with Crippen LogP contribution in [-0.4, -0.2) is 5.30 Å². The third-order valence-electron chi connectivity index (χ3n) is 0.919. The van der Waals surface area contributed by atoms with E-state index in [2.05, 4.69) is 17.4 Å². The summed E-state index contributed by atoms with van der Waals surface area (Å²) in [5.41, 5.74) is 1.03. The zero-order valence-electron chi connectivity index (χ0n) is 5.55. The van der Waals surface area contributed by atoms with Gasteiger partial charge in [-0.05, 0) is 18.9 Å². The van der Waals surface area contributed by atoms with Crippen molar-refractivity contribution in [2.24, 2.45) is 0 Å². The topological polar surface area (TPSA) is 26.3 Å². The van der Waals surface area contributed by atoms with Crippen LogP contribution in [-0.2, 0) is 4.74 Å². The molecule has 0 aromatic heterocycles. The Labute approximate surface area is 60.3 Å². The van der Waals surface area contributed by atoms with Crippen LogP contribution in [0, 0.1) is 0 Å². The second-order valence-electron chi connectivity index (χ2n) is 1.70. The average molecular weight is 146 g/mol. The first kappa shape index (κ1) is 8.56. The van der Waals surface area contributed by atoms with Crippen LogP contribution < -0.4 is 0 Å². The molecule has 0 aliphatic carbocycles. The van der Waals surface area contributed by atoms with Crippen molar-refractivity contribution >= 4 is 17.9 Å². The number of hydrogen-bond donors (Lipinski definition) is 1. The molecule has 0 radical (unpaired) electrons. The third kappa shape index (κ3) is 5.43. The van der Waals surface area contributed by atoms with E-state index in [1.165, 1.54) is 6.26 Å². The Bertz CT molecular complexity index is 129. The maximum Gasteiger partial charge on any atom is 0.369 e. The van der Waals surface area contributed by atoms with Gasteiger partial charge >= 0.3 is 5.30 Å². The largest absolute Gasteiger partial charge is 0.427 e. The van der Waals surface area contributed by atoms with Gasteiger partial charge in [-0.3, -0.25) is 0 Å². The maximum absolute atomic E-state index is 10.1. The van der Waals surface area contributed by atoms with Gasteiger partial charge in [0.05, 0.1) is 6.26 Å². The molecule has 0 saturated carbocycles. The summed E-state index contributed by atoms with van der Waals surface area (Å²) in [5, 5.41) is -0.567. The number of hydrogen-bond acceptors (Lipinski definition) is 2. The van der Waals surface area contributed by atoms with Crippen molar-refractivity contribution in [3.63, 3.8) is 0 Å². The fraction of sp³-hybridized carbons (Fsp3) is 0.500. The van der Waals surface area contributed by atoms with Gasteiger partial charge in [0, 0.05) is 0 Å². The van der Waals surface area contributed by atoms with Crippen LogP contribution in [0.4, 0.5) is 4.79 Å². The first-order valence-electron chi connectivity index (χ1n) is 2.72. The molecule has 0 amide bonds. The van der Waals surface area contributed by atoms with Gasteiger partial charge in [0.15, 0.2) is 0 Å². The summed E-state index contributed by atoms with van der Waals surface area (Å²) in [4.78, 5) is 10.1. The highest BCUT2D eigenvalue weighted by atomic mass is 32.1. The van der Waals surface area contributed by atoms with E-state index in [0.717, 1.165) is 12.0 Å². The lowest BCUT2D eigenvalue weighted by Gasteiger charge is -1.93. The van der Waals surface area contributed by atoms with E-state index in [1.807, 2.05) is 13.8 Å². The Hall–Kier alpha value is -0.440. The molecule has 0 aromatic rings. The number of ether oxygens (including phenoxy) is 1. The number of carbonyl (C=O) groups excluding carboxylic acids is 1. The fourth-order valence-corrected chi connectivity index (χ4v) is 0.287. The van der Waals surface area contributed by atoms with E-state index >= 15 is 0 Å². The Kier molecular flexibility index (Phi) is 4.22. The first-order chi connectivity index (χ1) is 4.16. The van der Waals surface area contributed by atoms with E-state index in [-0.39, 0.29) is 0 Å². The quantitative estimate of drug-likeness (QED) is 0.367. The minimum Gasteiger partial charge on any atom is -0.427 e. The Balaban J connectivity index is 3.56. The Morgan fingerprint density at radius 2 is 2.33 bits per heavy atom. The zero-order chi connectivity index (χ0) is 7.28. The molecule has 52 valence electrons. The monoisotopic (exact) mass is 146 g/mol. The molecule has 9 heavy (non-hydrogen) atoms. The smallest absolute Gasteiger partial charge is 0.369 e. The summed E-state index contributed by atoms with van der Waals surface area (Å²) in [5.74, 6) is 0. The van der Waals surface area contributed by atoms with Crippen LogP contribution in [0.1, 0.15) is 20.3 Å². The zero-order valence-corrected chi connectivity index (χ0v) is 6.44. The van der Waals surface area contributed by atoms with Gasteiger partial charge in [-0.2, -0.15) is 0 Å². The van der Waals surface area contributed by atoms with Gasteiger partial charge in [0.2, 0.25) is 0 Å². The number of thiol groups is 1. The second kappa shape index (κ2) is 4.44. The predicted molar refractivity (Wildman–Crippen MR) is 39.5 cm³/mol. The molecule has 0 bridgehead atoms. The summed E-state index contributed by atoms with van der Waals surface area (Å²) in [6, 6.07) is 0. The first-order valence-corrected chi connectivity index (χ1v) is 3.16. The van der Waals surface area contributed by atoms with Crippen molar-refractivity contribution < 1.29 is 9.53 Å². The molecule has 0 saturated heterocycles. The summed E-state index contributed by atoms with van der Waals surface area (Å²) in [7, 11) is 0. The second-order valence-corrected chi connectivity index (χ2v) is 2.07. The maximum atomic E-state index is 10.1. The van der Waals surface area contributed by atoms with Crippen molar-refractivity contribution in [1.29, 1.82) is 0 Å². The molecule has 0 aromatic carbocycles. The minimum atomic E-state index is -0.567. The van der Waals surface area contributed by atoms with Gasteiger partial charge in [-0.1, -0.05) is 19.6 Å². The average Bonchev–Trinajstić information content (AvgIpc) is 1.83. The van der Waals surface area contributed by atoms with Gasteiger partial charge in [-0.15, -0.1) is 0 Å². The molecular formula is C6H10O2S. The molecule has 2 nitrogen and oxygen atoms in total. The molecular weight excluding hydrogens is 136 g/mol. The highest BCUT2D eigenvalue weighted by Gasteiger charge is 1.88. The molecule has 0 unspecified atom stereocenters. The van der Waals surface area contributed by atoms with E-state index in [4.69, 9.17) is 0 Å². The Morgan fingerprint density at radius 3 is 2.67 bits per heavy atom. The highest BCUT2D eigenvalue weighted by molar-refractivity contribution is 7.96. The van der Waals surface area contributed by atoms with Crippen LogP contribution >= 0.6 is 12.6 Å². The van der Waals surface area contributed by atoms with Crippen molar-refractivity contribution in [3.8, 4) is 0 Å². The number of rotatable bonds is 2. The van der Waals surface area contributed by atoms with E-state index < -0.39 is 5.30 Å². The summed E-state index contributed by atoms with van der Waals surface area (Å²) >= 11 is 3.41. The molecule has 0 N–H and O–H groups in total. The third-order valence-corrected chi connectivity index (χ3v) is 1.02. The van der Waals surface area contributed by atoms with Crippen LogP contribution in [0.15, 0.2) is 11.8 Å². The lowest BCUT2D eigenvalue weighted by Crippen LogP contribution is -1.84. The fourth-order valence-electron chi connectivity index (χ4n) is 0.234. The van der Waals surface area contributed by atoms with Crippen LogP contribution in [0.3, 0.4) is 0 Å². The van der Waals surface area contributed by atoms with Crippen molar-refractivity contribution in [3.05, 3.63) is 11.8 Å². The number of allylic oxidation sites excluding steroid dienone is 1. The lowest BCUT2D eigenvalue weighted by molar-refractivity contribution is 0.213.